The van der Waals surface area contributed by atoms with Gasteiger partial charge in [-0.15, -0.1) is 6.58 Å². The molecule has 0 bridgehead atoms. The highest BCUT2D eigenvalue weighted by Gasteiger charge is 2.11. The van der Waals surface area contributed by atoms with Gasteiger partial charge in [0, 0.05) is 0 Å². The number of aryl methyl sites for hydroxylation is 3. The fourth-order valence-corrected chi connectivity index (χ4v) is 1.95. The molecule has 2 nitrogen and oxygen atoms in total. The van der Waals surface area contributed by atoms with E-state index in [4.69, 9.17) is 5.84 Å². The Morgan fingerprint density at radius 3 is 2.14 bits per heavy atom. The highest BCUT2D eigenvalue weighted by Crippen LogP contribution is 2.23. The summed E-state index contributed by atoms with van der Waals surface area (Å²) in [7, 11) is 0. The summed E-state index contributed by atoms with van der Waals surface area (Å²) in [6.45, 7) is 10.1. The molecule has 0 aromatic heterocycles. The second-order valence-corrected chi connectivity index (χ2v) is 3.69. The zero-order valence-electron chi connectivity index (χ0n) is 9.09. The Kier molecular flexibility index (Phi) is 3.44. The van der Waals surface area contributed by atoms with E-state index < -0.39 is 0 Å². The highest BCUT2D eigenvalue weighted by atomic mass is 15.2. The van der Waals surface area contributed by atoms with Gasteiger partial charge in [0.05, 0.1) is 6.04 Å². The van der Waals surface area contributed by atoms with Gasteiger partial charge in [-0.05, 0) is 37.5 Å². The minimum Gasteiger partial charge on any atom is -0.271 e. The van der Waals surface area contributed by atoms with Crippen molar-refractivity contribution in [3.05, 3.63) is 47.0 Å². The smallest absolute Gasteiger partial charge is 0.0643 e. The van der Waals surface area contributed by atoms with Crippen molar-refractivity contribution in [2.45, 2.75) is 26.8 Å². The highest BCUT2D eigenvalue weighted by molar-refractivity contribution is 5.41. The van der Waals surface area contributed by atoms with E-state index in [0.29, 0.717) is 0 Å². The third-order valence-electron chi connectivity index (χ3n) is 2.46. The molecule has 0 radical (unpaired) electrons. The number of hydrogen-bond acceptors (Lipinski definition) is 2. The van der Waals surface area contributed by atoms with Gasteiger partial charge in [0.25, 0.3) is 0 Å². The molecule has 0 aliphatic carbocycles. The lowest BCUT2D eigenvalue weighted by molar-refractivity contribution is 0.649. The van der Waals surface area contributed by atoms with Gasteiger partial charge in [0.1, 0.15) is 0 Å². The molecule has 2 heteroatoms. The Labute approximate surface area is 85.8 Å². The van der Waals surface area contributed by atoms with Crippen LogP contribution < -0.4 is 11.3 Å². The fourth-order valence-electron chi connectivity index (χ4n) is 1.95. The van der Waals surface area contributed by atoms with Crippen molar-refractivity contribution in [3.63, 3.8) is 0 Å². The summed E-state index contributed by atoms with van der Waals surface area (Å²) >= 11 is 0. The Bertz CT molecular complexity index is 319. The first-order valence-corrected chi connectivity index (χ1v) is 4.76. The normalized spacial score (nSPS) is 12.6. The summed E-state index contributed by atoms with van der Waals surface area (Å²) in [5, 5.41) is 0. The number of nitrogens with one attached hydrogen (secondary N) is 1. The van der Waals surface area contributed by atoms with Gasteiger partial charge in [-0.2, -0.15) is 0 Å². The standard InChI is InChI=1S/C12H18N2/c1-5-11(14-13)12-9(3)6-8(2)7-10(12)4/h5-7,11,14H,1,13H2,2-4H3. The van der Waals surface area contributed by atoms with Crippen LogP contribution in [0.2, 0.25) is 0 Å². The topological polar surface area (TPSA) is 38.0 Å². The summed E-state index contributed by atoms with van der Waals surface area (Å²) in [4.78, 5) is 0. The van der Waals surface area contributed by atoms with E-state index in [1.807, 2.05) is 6.08 Å². The molecule has 1 aromatic carbocycles. The lowest BCUT2D eigenvalue weighted by atomic mass is 9.94. The largest absolute Gasteiger partial charge is 0.271 e. The van der Waals surface area contributed by atoms with E-state index >= 15 is 0 Å². The molecule has 0 spiro atoms. The molecule has 0 amide bonds. The van der Waals surface area contributed by atoms with E-state index in [9.17, 15) is 0 Å². The average molecular weight is 190 g/mol. The lowest BCUT2D eigenvalue weighted by Gasteiger charge is -2.18. The maximum Gasteiger partial charge on any atom is 0.0643 e. The molecule has 1 aromatic rings. The van der Waals surface area contributed by atoms with Gasteiger partial charge in [-0.25, -0.2) is 5.43 Å². The van der Waals surface area contributed by atoms with Gasteiger partial charge >= 0.3 is 0 Å². The van der Waals surface area contributed by atoms with Crippen LogP contribution >= 0.6 is 0 Å². The molecule has 76 valence electrons. The van der Waals surface area contributed by atoms with Crippen molar-refractivity contribution in [3.8, 4) is 0 Å². The summed E-state index contributed by atoms with van der Waals surface area (Å²) < 4.78 is 0. The molecule has 14 heavy (non-hydrogen) atoms. The maximum absolute atomic E-state index is 5.47. The SMILES string of the molecule is C=CC(NN)c1c(C)cc(C)cc1C. The molecule has 3 N–H and O–H groups in total. The van der Waals surface area contributed by atoms with Crippen LogP contribution in [0.15, 0.2) is 24.8 Å². The van der Waals surface area contributed by atoms with Crippen molar-refractivity contribution in [1.29, 1.82) is 0 Å². The van der Waals surface area contributed by atoms with Crippen molar-refractivity contribution >= 4 is 0 Å². The monoisotopic (exact) mass is 190 g/mol. The molecule has 0 aliphatic heterocycles. The summed E-state index contributed by atoms with van der Waals surface area (Å²) in [5.41, 5.74) is 7.77. The van der Waals surface area contributed by atoms with E-state index in [1.54, 1.807) is 0 Å². The molecule has 0 saturated heterocycles. The first kappa shape index (κ1) is 11.0. The van der Waals surface area contributed by atoms with Crippen LogP contribution in [0, 0.1) is 20.8 Å². The molecular formula is C12H18N2. The van der Waals surface area contributed by atoms with Gasteiger partial charge < -0.3 is 0 Å². The van der Waals surface area contributed by atoms with Crippen LogP contribution in [0.25, 0.3) is 0 Å². The van der Waals surface area contributed by atoms with E-state index in [0.717, 1.165) is 0 Å². The van der Waals surface area contributed by atoms with Gasteiger partial charge in [0.15, 0.2) is 0 Å². The van der Waals surface area contributed by atoms with Crippen molar-refractivity contribution in [1.82, 2.24) is 5.43 Å². The minimum absolute atomic E-state index is 0.0376. The van der Waals surface area contributed by atoms with E-state index in [1.165, 1.54) is 22.3 Å². The second kappa shape index (κ2) is 4.40. The first-order valence-electron chi connectivity index (χ1n) is 4.76. The average Bonchev–Trinajstić information content (AvgIpc) is 2.10. The van der Waals surface area contributed by atoms with Gasteiger partial charge in [0.2, 0.25) is 0 Å². The summed E-state index contributed by atoms with van der Waals surface area (Å²) in [6, 6.07) is 4.36. The maximum atomic E-state index is 5.47. The van der Waals surface area contributed by atoms with Crippen molar-refractivity contribution < 1.29 is 0 Å². The summed E-state index contributed by atoms with van der Waals surface area (Å²) in [6.07, 6.45) is 1.82. The van der Waals surface area contributed by atoms with Crippen LogP contribution in [-0.4, -0.2) is 0 Å². The molecular weight excluding hydrogens is 172 g/mol. The Morgan fingerprint density at radius 2 is 1.79 bits per heavy atom. The number of benzene rings is 1. The van der Waals surface area contributed by atoms with Crippen molar-refractivity contribution in [2.75, 3.05) is 0 Å². The number of hydrogen-bond donors (Lipinski definition) is 2. The number of hydrazine groups is 1. The quantitative estimate of drug-likeness (QED) is 0.436. The van der Waals surface area contributed by atoms with Crippen LogP contribution in [0.5, 0.6) is 0 Å². The molecule has 1 unspecified atom stereocenters. The van der Waals surface area contributed by atoms with Crippen molar-refractivity contribution in [2.24, 2.45) is 5.84 Å². The molecule has 1 rings (SSSR count). The third-order valence-corrected chi connectivity index (χ3v) is 2.46. The molecule has 0 aliphatic rings. The predicted octanol–water partition coefficient (Wildman–Crippen LogP) is 2.30. The Hall–Kier alpha value is -1.12. The van der Waals surface area contributed by atoms with E-state index in [2.05, 4.69) is 44.9 Å². The predicted molar refractivity (Wildman–Crippen MR) is 60.9 cm³/mol. The molecule has 0 heterocycles. The minimum atomic E-state index is 0.0376. The summed E-state index contributed by atoms with van der Waals surface area (Å²) in [5.74, 6) is 5.47. The van der Waals surface area contributed by atoms with E-state index in [-0.39, 0.29) is 6.04 Å². The van der Waals surface area contributed by atoms with Crippen LogP contribution in [-0.2, 0) is 0 Å². The second-order valence-electron chi connectivity index (χ2n) is 3.69. The molecule has 1 atom stereocenters. The molecule has 0 saturated carbocycles. The first-order chi connectivity index (χ1) is 6.60. The van der Waals surface area contributed by atoms with Crippen LogP contribution in [0.1, 0.15) is 28.3 Å². The van der Waals surface area contributed by atoms with Crippen LogP contribution in [0.4, 0.5) is 0 Å². The van der Waals surface area contributed by atoms with Gasteiger partial charge in [-0.3, -0.25) is 5.84 Å². The zero-order chi connectivity index (χ0) is 10.7. The van der Waals surface area contributed by atoms with Crippen LogP contribution in [0.3, 0.4) is 0 Å². The molecule has 0 fully saturated rings. The third kappa shape index (κ3) is 2.03. The lowest BCUT2D eigenvalue weighted by Crippen LogP contribution is -2.27. The number of rotatable bonds is 3. The Morgan fingerprint density at radius 1 is 1.29 bits per heavy atom. The van der Waals surface area contributed by atoms with Gasteiger partial charge in [-0.1, -0.05) is 23.8 Å². The fraction of sp³-hybridized carbons (Fsp3) is 0.333. The zero-order valence-corrected chi connectivity index (χ0v) is 9.09. The number of nitrogens with two attached hydrogens (primary N) is 1. The Balaban J connectivity index is 3.25.